The van der Waals surface area contributed by atoms with Gasteiger partial charge in [-0.1, -0.05) is 39.3 Å². The molecule has 13 heteroatoms. The molecule has 0 bridgehead atoms. The van der Waals surface area contributed by atoms with Crippen LogP contribution in [0, 0.1) is 31.6 Å². The van der Waals surface area contributed by atoms with Crippen LogP contribution in [-0.2, 0) is 25.7 Å². The molecule has 2 aromatic rings. The fraction of sp³-hybridized carbons (Fsp3) is 0.722. The molecule has 0 aliphatic heterocycles. The minimum absolute atomic E-state index is 0.00540. The van der Waals surface area contributed by atoms with Crippen molar-refractivity contribution in [2.75, 3.05) is 12.1 Å². The highest BCUT2D eigenvalue weighted by atomic mass is 28.3. The second-order valence-corrected chi connectivity index (χ2v) is 28.3. The number of aromatic nitrogens is 3. The van der Waals surface area contributed by atoms with Crippen molar-refractivity contribution in [1.29, 1.82) is 0 Å². The molecule has 2 amide bonds. The lowest BCUT2D eigenvalue weighted by molar-refractivity contribution is -0.120. The standard InChI is InChI=1S/C36H61N5O6Si2/c1-22-30(23(2)41(40-22)20-44-24(3)48(8,9)10)28-18-29(46-21-45-25(4)49(11,12)13)33(37-19-28)39-34(42)32(38-35(43)47-36(5,6)7)31(26-14-15-26)27-16-17-27/h18-19,24-27,31-32H,14-17,20-21H2,1-13H3,(H,38,43)(H,37,39,42)/t24-,25-,32-/m0/s1. The Morgan fingerprint density at radius 2 is 1.53 bits per heavy atom. The molecular formula is C36H61N5O6Si2. The molecule has 274 valence electrons. The van der Waals surface area contributed by atoms with E-state index in [0.717, 1.165) is 48.2 Å². The van der Waals surface area contributed by atoms with Crippen molar-refractivity contribution >= 4 is 34.0 Å². The van der Waals surface area contributed by atoms with Gasteiger partial charge in [0.1, 0.15) is 18.4 Å². The van der Waals surface area contributed by atoms with Gasteiger partial charge in [0.15, 0.2) is 18.4 Å². The lowest BCUT2D eigenvalue weighted by Crippen LogP contribution is -2.51. The summed E-state index contributed by atoms with van der Waals surface area (Å²) in [5.74, 6) is 1.18. The number of nitrogens with one attached hydrogen (secondary N) is 2. The minimum Gasteiger partial charge on any atom is -0.464 e. The predicted octanol–water partition coefficient (Wildman–Crippen LogP) is 7.69. The number of carbonyl (C=O) groups is 2. The Bertz CT molecular complexity index is 1460. The number of alkyl carbamates (subject to hydrolysis) is 1. The molecule has 0 saturated heterocycles. The van der Waals surface area contributed by atoms with Crippen LogP contribution >= 0.6 is 0 Å². The summed E-state index contributed by atoms with van der Waals surface area (Å²) < 4.78 is 26.0. The molecule has 0 aromatic carbocycles. The van der Waals surface area contributed by atoms with Crippen molar-refractivity contribution in [3.63, 3.8) is 0 Å². The fourth-order valence-corrected chi connectivity index (χ4v) is 6.91. The Balaban J connectivity index is 1.63. The van der Waals surface area contributed by atoms with E-state index in [1.807, 2.05) is 45.4 Å². The van der Waals surface area contributed by atoms with Gasteiger partial charge in [0.2, 0.25) is 5.91 Å². The van der Waals surface area contributed by atoms with Gasteiger partial charge >= 0.3 is 6.09 Å². The highest BCUT2D eigenvalue weighted by Gasteiger charge is 2.49. The predicted molar refractivity (Wildman–Crippen MR) is 199 cm³/mol. The summed E-state index contributed by atoms with van der Waals surface area (Å²) in [6, 6.07) is 1.13. The molecule has 2 saturated carbocycles. The average molecular weight is 716 g/mol. The molecule has 0 unspecified atom stereocenters. The van der Waals surface area contributed by atoms with E-state index >= 15 is 0 Å². The zero-order valence-electron chi connectivity index (χ0n) is 32.2. The van der Waals surface area contributed by atoms with Crippen LogP contribution in [0.25, 0.3) is 11.1 Å². The summed E-state index contributed by atoms with van der Waals surface area (Å²) in [4.78, 5) is 31.8. The number of hydrogen-bond acceptors (Lipinski definition) is 8. The third-order valence-corrected chi connectivity index (χ3v) is 15.1. The Hall–Kier alpha value is -2.75. The first-order valence-corrected chi connectivity index (χ1v) is 25.0. The first-order valence-electron chi connectivity index (χ1n) is 17.9. The van der Waals surface area contributed by atoms with Gasteiger partial charge in [-0.15, -0.1) is 0 Å². The van der Waals surface area contributed by atoms with Gasteiger partial charge in [0, 0.05) is 34.5 Å². The van der Waals surface area contributed by atoms with Crippen LogP contribution in [0.1, 0.15) is 71.7 Å². The molecule has 2 aromatic heterocycles. The van der Waals surface area contributed by atoms with Gasteiger partial charge in [0.25, 0.3) is 0 Å². The highest BCUT2D eigenvalue weighted by molar-refractivity contribution is 6.77. The van der Waals surface area contributed by atoms with Crippen molar-refractivity contribution in [3.05, 3.63) is 23.7 Å². The smallest absolute Gasteiger partial charge is 0.408 e. The number of nitrogens with zero attached hydrogens (tertiary/aromatic N) is 3. The number of anilines is 1. The quantitative estimate of drug-likeness (QED) is 0.134. The lowest BCUT2D eigenvalue weighted by Gasteiger charge is -2.29. The fourth-order valence-electron chi connectivity index (χ4n) is 5.76. The molecular weight excluding hydrogens is 655 g/mol. The monoisotopic (exact) mass is 715 g/mol. The minimum atomic E-state index is -1.57. The normalized spacial score (nSPS) is 17.4. The first kappa shape index (κ1) is 39.0. The van der Waals surface area contributed by atoms with Crippen molar-refractivity contribution in [2.24, 2.45) is 17.8 Å². The number of ether oxygens (including phenoxy) is 4. The van der Waals surface area contributed by atoms with Gasteiger partial charge in [-0.05, 0) is 98.0 Å². The van der Waals surface area contributed by atoms with E-state index in [0.29, 0.717) is 24.3 Å². The van der Waals surface area contributed by atoms with Crippen LogP contribution in [0.3, 0.4) is 0 Å². The van der Waals surface area contributed by atoms with E-state index in [1.54, 1.807) is 6.20 Å². The van der Waals surface area contributed by atoms with E-state index in [9.17, 15) is 9.59 Å². The number of rotatable bonds is 16. The zero-order chi connectivity index (χ0) is 36.5. The van der Waals surface area contributed by atoms with Crippen molar-refractivity contribution in [1.82, 2.24) is 20.1 Å². The second kappa shape index (κ2) is 15.2. The number of aryl methyl sites for hydroxylation is 1. The number of pyridine rings is 1. The van der Waals surface area contributed by atoms with Crippen LogP contribution < -0.4 is 15.4 Å². The Morgan fingerprint density at radius 3 is 2.06 bits per heavy atom. The molecule has 3 atom stereocenters. The van der Waals surface area contributed by atoms with Gasteiger partial charge in [-0.25, -0.2) is 14.5 Å². The van der Waals surface area contributed by atoms with E-state index in [-0.39, 0.29) is 35.9 Å². The number of amides is 2. The van der Waals surface area contributed by atoms with Gasteiger partial charge in [0.05, 0.1) is 21.8 Å². The molecule has 0 radical (unpaired) electrons. The highest BCUT2D eigenvalue weighted by Crippen LogP contribution is 2.51. The third-order valence-electron chi connectivity index (χ3n) is 9.86. The molecule has 4 rings (SSSR count). The van der Waals surface area contributed by atoms with Crippen molar-refractivity contribution in [2.45, 2.75) is 143 Å². The maximum absolute atomic E-state index is 14.1. The van der Waals surface area contributed by atoms with Crippen LogP contribution in [0.4, 0.5) is 10.6 Å². The number of hydrogen-bond donors (Lipinski definition) is 2. The SMILES string of the molecule is Cc1nn(CO[C@H](C)[Si](C)(C)C)c(C)c1-c1cnc(NC(=O)[C@@H](NC(=O)OC(C)(C)C)C(C2CC2)C2CC2)c(OCO[C@H](C)[Si](C)(C)C)c1. The molecule has 0 spiro atoms. The summed E-state index contributed by atoms with van der Waals surface area (Å²) in [7, 11) is -3.04. The maximum atomic E-state index is 14.1. The molecule has 2 N–H and O–H groups in total. The van der Waals surface area contributed by atoms with Crippen LogP contribution in [0.2, 0.25) is 39.3 Å². The Morgan fingerprint density at radius 1 is 0.959 bits per heavy atom. The van der Waals surface area contributed by atoms with Gasteiger partial charge < -0.3 is 29.6 Å². The van der Waals surface area contributed by atoms with Crippen LogP contribution in [0.15, 0.2) is 12.3 Å². The lowest BCUT2D eigenvalue weighted by atomic mass is 9.89. The van der Waals surface area contributed by atoms with E-state index in [1.165, 1.54) is 0 Å². The molecule has 11 nitrogen and oxygen atoms in total. The summed E-state index contributed by atoms with van der Waals surface area (Å²) in [6.07, 6.45) is 5.37. The van der Waals surface area contributed by atoms with Gasteiger partial charge in [-0.3, -0.25) is 4.79 Å². The molecule has 2 heterocycles. The van der Waals surface area contributed by atoms with Crippen LogP contribution in [0.5, 0.6) is 5.75 Å². The Kier molecular flexibility index (Phi) is 12.1. The van der Waals surface area contributed by atoms with Crippen LogP contribution in [-0.4, -0.2) is 72.8 Å². The van der Waals surface area contributed by atoms with Crippen molar-refractivity contribution in [3.8, 4) is 16.9 Å². The summed E-state index contributed by atoms with van der Waals surface area (Å²) in [5.41, 5.74) is 3.08. The second-order valence-electron chi connectivity index (χ2n) is 17.2. The van der Waals surface area contributed by atoms with E-state index < -0.39 is 33.9 Å². The maximum Gasteiger partial charge on any atom is 0.408 e. The van der Waals surface area contributed by atoms with Crippen molar-refractivity contribution < 1.29 is 28.5 Å². The largest absolute Gasteiger partial charge is 0.464 e. The summed E-state index contributed by atoms with van der Waals surface area (Å²) in [6.45, 7) is 27.6. The van der Waals surface area contributed by atoms with E-state index in [4.69, 9.17) is 29.0 Å². The molecule has 2 fully saturated rings. The zero-order valence-corrected chi connectivity index (χ0v) is 34.2. The van der Waals surface area contributed by atoms with E-state index in [2.05, 4.69) is 63.8 Å². The van der Waals surface area contributed by atoms with Gasteiger partial charge in [-0.2, -0.15) is 5.10 Å². The molecule has 2 aliphatic carbocycles. The number of carbonyl (C=O) groups excluding carboxylic acids is 2. The third kappa shape index (κ3) is 10.9. The summed E-state index contributed by atoms with van der Waals surface area (Å²) in [5, 5.41) is 10.7. The average Bonchev–Trinajstić information content (AvgIpc) is 3.90. The summed E-state index contributed by atoms with van der Waals surface area (Å²) >= 11 is 0. The topological polar surface area (TPSA) is 126 Å². The molecule has 49 heavy (non-hydrogen) atoms. The Labute approximate surface area is 295 Å². The first-order chi connectivity index (χ1) is 22.7. The molecule has 2 aliphatic rings.